The van der Waals surface area contributed by atoms with E-state index in [0.29, 0.717) is 5.41 Å². The summed E-state index contributed by atoms with van der Waals surface area (Å²) in [6.45, 7) is 9.94. The summed E-state index contributed by atoms with van der Waals surface area (Å²) >= 11 is 0. The molecule has 0 aliphatic carbocycles. The molecule has 1 spiro atoms. The number of nitrogens with zero attached hydrogens (tertiary/aromatic N) is 2. The smallest absolute Gasteiger partial charge is 0.138 e. The Balaban J connectivity index is 0.00000133. The van der Waals surface area contributed by atoms with Crippen LogP contribution in [0.1, 0.15) is 36.3 Å². The Morgan fingerprint density at radius 3 is 2.63 bits per heavy atom. The van der Waals surface area contributed by atoms with Gasteiger partial charge in [-0.25, -0.2) is 0 Å². The van der Waals surface area contributed by atoms with Crippen molar-refractivity contribution in [1.82, 2.24) is 15.4 Å². The molecule has 5 heteroatoms. The number of hydrogen-bond donors (Lipinski definition) is 1. The summed E-state index contributed by atoms with van der Waals surface area (Å²) in [6.07, 6.45) is 4.04. The van der Waals surface area contributed by atoms with Crippen LogP contribution in [-0.2, 0) is 6.54 Å². The molecule has 3 rings (SSSR count). The summed E-state index contributed by atoms with van der Waals surface area (Å²) < 4.78 is 5.26. The van der Waals surface area contributed by atoms with Crippen molar-refractivity contribution in [1.29, 1.82) is 0 Å². The molecule has 108 valence electrons. The number of piperidine rings is 1. The van der Waals surface area contributed by atoms with Crippen LogP contribution in [0.5, 0.6) is 0 Å². The van der Waals surface area contributed by atoms with E-state index in [4.69, 9.17) is 4.52 Å². The van der Waals surface area contributed by atoms with E-state index in [1.54, 1.807) is 0 Å². The highest BCUT2D eigenvalue weighted by atomic mass is 35.5. The summed E-state index contributed by atoms with van der Waals surface area (Å²) in [5.41, 5.74) is 2.93. The Morgan fingerprint density at radius 1 is 1.26 bits per heavy atom. The lowest BCUT2D eigenvalue weighted by atomic mass is 9.78. The van der Waals surface area contributed by atoms with Crippen LogP contribution < -0.4 is 5.32 Å². The van der Waals surface area contributed by atoms with Crippen molar-refractivity contribution in [2.45, 2.75) is 39.7 Å². The minimum Gasteiger partial charge on any atom is -0.361 e. The number of hydrogen-bond acceptors (Lipinski definition) is 4. The first-order chi connectivity index (χ1) is 8.69. The minimum atomic E-state index is 0. The van der Waals surface area contributed by atoms with Crippen LogP contribution in [0.25, 0.3) is 0 Å². The lowest BCUT2D eigenvalue weighted by Gasteiger charge is -2.33. The predicted molar refractivity (Wildman–Crippen MR) is 77.7 cm³/mol. The van der Waals surface area contributed by atoms with Crippen molar-refractivity contribution < 1.29 is 4.52 Å². The average molecular weight is 286 g/mol. The molecule has 0 aromatic carbocycles. The van der Waals surface area contributed by atoms with E-state index >= 15 is 0 Å². The zero-order valence-electron chi connectivity index (χ0n) is 11.9. The van der Waals surface area contributed by atoms with Gasteiger partial charge >= 0.3 is 0 Å². The average Bonchev–Trinajstić information content (AvgIpc) is 2.89. The third-order valence-corrected chi connectivity index (χ3v) is 4.74. The van der Waals surface area contributed by atoms with E-state index in [9.17, 15) is 0 Å². The van der Waals surface area contributed by atoms with Gasteiger partial charge in [0, 0.05) is 18.7 Å². The zero-order valence-corrected chi connectivity index (χ0v) is 12.7. The monoisotopic (exact) mass is 285 g/mol. The predicted octanol–water partition coefficient (Wildman–Crippen LogP) is 2.29. The van der Waals surface area contributed by atoms with E-state index in [2.05, 4.69) is 15.4 Å². The van der Waals surface area contributed by atoms with Crippen molar-refractivity contribution in [3.8, 4) is 0 Å². The molecule has 0 unspecified atom stereocenters. The fraction of sp³-hybridized carbons (Fsp3) is 0.786. The second-order valence-corrected chi connectivity index (χ2v) is 6.01. The first-order valence-corrected chi connectivity index (χ1v) is 7.03. The van der Waals surface area contributed by atoms with Gasteiger partial charge in [-0.3, -0.25) is 4.90 Å². The van der Waals surface area contributed by atoms with Crippen molar-refractivity contribution in [3.05, 3.63) is 17.0 Å². The first kappa shape index (κ1) is 14.8. The van der Waals surface area contributed by atoms with Crippen LogP contribution in [0, 0.1) is 19.3 Å². The summed E-state index contributed by atoms with van der Waals surface area (Å²) in [4.78, 5) is 2.58. The summed E-state index contributed by atoms with van der Waals surface area (Å²) in [6, 6.07) is 0. The van der Waals surface area contributed by atoms with Gasteiger partial charge in [0.2, 0.25) is 0 Å². The normalized spacial score (nSPS) is 22.6. The van der Waals surface area contributed by atoms with Gasteiger partial charge in [0.1, 0.15) is 5.76 Å². The third kappa shape index (κ3) is 2.96. The summed E-state index contributed by atoms with van der Waals surface area (Å²) in [5, 5.41) is 7.52. The van der Waals surface area contributed by atoms with Crippen molar-refractivity contribution in [3.63, 3.8) is 0 Å². The Hall–Kier alpha value is -0.580. The Bertz CT molecular complexity index is 407. The van der Waals surface area contributed by atoms with E-state index in [-0.39, 0.29) is 12.4 Å². The second kappa shape index (κ2) is 5.81. The highest BCUT2D eigenvalue weighted by Crippen LogP contribution is 2.39. The van der Waals surface area contributed by atoms with Crippen LogP contribution in [-0.4, -0.2) is 36.2 Å². The van der Waals surface area contributed by atoms with Crippen LogP contribution in [0.3, 0.4) is 0 Å². The lowest BCUT2D eigenvalue weighted by Crippen LogP contribution is -2.38. The fourth-order valence-electron chi connectivity index (χ4n) is 3.48. The molecule has 2 aliphatic rings. The molecule has 0 radical (unpaired) electrons. The van der Waals surface area contributed by atoms with Gasteiger partial charge in [-0.2, -0.15) is 0 Å². The molecule has 4 nitrogen and oxygen atoms in total. The van der Waals surface area contributed by atoms with E-state index in [1.807, 2.05) is 13.8 Å². The van der Waals surface area contributed by atoms with Gasteiger partial charge < -0.3 is 9.84 Å². The standard InChI is InChI=1S/C14H23N3O.ClH/c1-11-13(12(2)18-16-11)9-17-8-5-14(10-17)3-6-15-7-4-14;/h15H,3-10H2,1-2H3;1H. The van der Waals surface area contributed by atoms with Crippen molar-refractivity contribution >= 4 is 12.4 Å². The van der Waals surface area contributed by atoms with Gasteiger partial charge in [0.05, 0.1) is 5.69 Å². The Morgan fingerprint density at radius 2 is 2.00 bits per heavy atom. The molecule has 19 heavy (non-hydrogen) atoms. The second-order valence-electron chi connectivity index (χ2n) is 6.01. The van der Waals surface area contributed by atoms with Gasteiger partial charge in [-0.1, -0.05) is 5.16 Å². The number of aryl methyl sites for hydroxylation is 2. The first-order valence-electron chi connectivity index (χ1n) is 7.03. The maximum absolute atomic E-state index is 5.26. The SMILES string of the molecule is Cc1noc(C)c1CN1CCC2(CCNCC2)C1.Cl. The third-order valence-electron chi connectivity index (χ3n) is 4.74. The number of aromatic nitrogens is 1. The fourth-order valence-corrected chi connectivity index (χ4v) is 3.48. The quantitative estimate of drug-likeness (QED) is 0.905. The lowest BCUT2D eigenvalue weighted by molar-refractivity contribution is 0.193. The molecular weight excluding hydrogens is 262 g/mol. The molecule has 0 saturated carbocycles. The molecule has 1 aromatic rings. The van der Waals surface area contributed by atoms with Gasteiger partial charge in [-0.15, -0.1) is 12.4 Å². The summed E-state index contributed by atoms with van der Waals surface area (Å²) in [7, 11) is 0. The Labute approximate surface area is 121 Å². The molecule has 0 atom stereocenters. The largest absolute Gasteiger partial charge is 0.361 e. The number of nitrogens with one attached hydrogen (secondary N) is 1. The number of likely N-dealkylation sites (tertiary alicyclic amines) is 1. The van der Waals surface area contributed by atoms with Crippen LogP contribution in [0.4, 0.5) is 0 Å². The molecule has 0 bridgehead atoms. The molecule has 2 aliphatic heterocycles. The molecule has 1 aromatic heterocycles. The van der Waals surface area contributed by atoms with Gasteiger partial charge in [0.25, 0.3) is 0 Å². The van der Waals surface area contributed by atoms with Gasteiger partial charge in [-0.05, 0) is 58.2 Å². The zero-order chi connectivity index (χ0) is 12.6. The van der Waals surface area contributed by atoms with E-state index < -0.39 is 0 Å². The molecule has 0 amide bonds. The van der Waals surface area contributed by atoms with Gasteiger partial charge in [0.15, 0.2) is 0 Å². The maximum atomic E-state index is 5.26. The topological polar surface area (TPSA) is 41.3 Å². The number of rotatable bonds is 2. The van der Waals surface area contributed by atoms with Crippen molar-refractivity contribution in [2.24, 2.45) is 5.41 Å². The molecule has 1 N–H and O–H groups in total. The highest BCUT2D eigenvalue weighted by Gasteiger charge is 2.38. The molecule has 2 saturated heterocycles. The minimum absolute atomic E-state index is 0. The van der Waals surface area contributed by atoms with E-state index in [1.165, 1.54) is 51.0 Å². The van der Waals surface area contributed by atoms with Crippen LogP contribution >= 0.6 is 12.4 Å². The molecule has 3 heterocycles. The molecular formula is C14H24ClN3O. The highest BCUT2D eigenvalue weighted by molar-refractivity contribution is 5.85. The summed E-state index contributed by atoms with van der Waals surface area (Å²) in [5.74, 6) is 0.985. The van der Waals surface area contributed by atoms with E-state index in [0.717, 1.165) is 18.0 Å². The van der Waals surface area contributed by atoms with Crippen LogP contribution in [0.15, 0.2) is 4.52 Å². The maximum Gasteiger partial charge on any atom is 0.138 e. The molecule has 2 fully saturated rings. The number of halogens is 1. The van der Waals surface area contributed by atoms with Crippen molar-refractivity contribution in [2.75, 3.05) is 26.2 Å². The van der Waals surface area contributed by atoms with Crippen LogP contribution in [0.2, 0.25) is 0 Å². The Kier molecular flexibility index (Phi) is 4.54.